The normalized spacial score (nSPS) is 12.6. The van der Waals surface area contributed by atoms with Gasteiger partial charge in [0.15, 0.2) is 17.5 Å². The van der Waals surface area contributed by atoms with E-state index in [-0.39, 0.29) is 5.41 Å². The van der Waals surface area contributed by atoms with Crippen LogP contribution in [0.3, 0.4) is 0 Å². The molecule has 4 nitrogen and oxygen atoms in total. The zero-order valence-electron chi connectivity index (χ0n) is 26.1. The maximum atomic E-state index is 9.80. The summed E-state index contributed by atoms with van der Waals surface area (Å²) in [5.41, 5.74) is 12.5. The molecule has 0 atom stereocenters. The number of rotatable bonds is 5. The number of hydrogen-bond acceptors (Lipinski definition) is 4. The van der Waals surface area contributed by atoms with Crippen molar-refractivity contribution in [3.8, 4) is 73.6 Å². The number of nitriles is 1. The van der Waals surface area contributed by atoms with E-state index < -0.39 is 0 Å². The molecule has 1 heterocycles. The molecule has 6 aromatic carbocycles. The van der Waals surface area contributed by atoms with E-state index in [1.165, 1.54) is 16.7 Å². The van der Waals surface area contributed by atoms with Gasteiger partial charge in [0.2, 0.25) is 0 Å². The van der Waals surface area contributed by atoms with Gasteiger partial charge in [-0.2, -0.15) is 5.26 Å². The van der Waals surface area contributed by atoms with E-state index >= 15 is 0 Å². The Morgan fingerprint density at radius 3 is 1.45 bits per heavy atom. The first-order valence-corrected chi connectivity index (χ1v) is 15.8. The van der Waals surface area contributed by atoms with Crippen LogP contribution in [-0.4, -0.2) is 15.0 Å². The van der Waals surface area contributed by atoms with Crippen molar-refractivity contribution in [3.05, 3.63) is 162 Å². The summed E-state index contributed by atoms with van der Waals surface area (Å²) in [5.74, 6) is 1.90. The molecule has 0 N–H and O–H groups in total. The van der Waals surface area contributed by atoms with Crippen LogP contribution in [0.4, 0.5) is 0 Å². The molecular formula is C43H30N4. The molecule has 0 bridgehead atoms. The molecule has 0 unspecified atom stereocenters. The van der Waals surface area contributed by atoms with Gasteiger partial charge >= 0.3 is 0 Å². The highest BCUT2D eigenvalue weighted by Gasteiger charge is 2.37. The van der Waals surface area contributed by atoms with E-state index in [1.807, 2.05) is 48.5 Å². The zero-order valence-corrected chi connectivity index (χ0v) is 26.1. The first kappa shape index (κ1) is 28.3. The lowest BCUT2D eigenvalue weighted by molar-refractivity contribution is 0.660. The molecule has 0 saturated heterocycles. The molecule has 0 amide bonds. The summed E-state index contributed by atoms with van der Waals surface area (Å²) in [6.45, 7) is 4.48. The van der Waals surface area contributed by atoms with Crippen molar-refractivity contribution in [1.29, 1.82) is 5.26 Å². The quantitative estimate of drug-likeness (QED) is 0.197. The van der Waals surface area contributed by atoms with Crippen LogP contribution >= 0.6 is 0 Å². The molecule has 7 aromatic rings. The molecule has 0 radical (unpaired) electrons. The lowest BCUT2D eigenvalue weighted by atomic mass is 9.81. The second-order valence-corrected chi connectivity index (χ2v) is 12.4. The monoisotopic (exact) mass is 602 g/mol. The van der Waals surface area contributed by atoms with Crippen LogP contribution < -0.4 is 0 Å². The molecule has 1 aromatic heterocycles. The Morgan fingerprint density at radius 1 is 0.447 bits per heavy atom. The molecule has 0 fully saturated rings. The van der Waals surface area contributed by atoms with Crippen LogP contribution in [0.1, 0.15) is 30.5 Å². The number of aromatic nitrogens is 3. The number of nitrogens with zero attached hydrogens (tertiary/aromatic N) is 4. The highest BCUT2D eigenvalue weighted by molar-refractivity contribution is 5.87. The average molecular weight is 603 g/mol. The van der Waals surface area contributed by atoms with Gasteiger partial charge in [-0.15, -0.1) is 0 Å². The first-order valence-electron chi connectivity index (χ1n) is 15.8. The number of benzene rings is 6. The molecule has 1 aliphatic rings. The van der Waals surface area contributed by atoms with Gasteiger partial charge in [0, 0.05) is 27.7 Å². The predicted molar refractivity (Wildman–Crippen MR) is 189 cm³/mol. The zero-order chi connectivity index (χ0) is 32.0. The summed E-state index contributed by atoms with van der Waals surface area (Å²) in [5, 5.41) is 9.80. The summed E-state index contributed by atoms with van der Waals surface area (Å²) in [4.78, 5) is 14.8. The van der Waals surface area contributed by atoms with Crippen LogP contribution in [0, 0.1) is 11.3 Å². The van der Waals surface area contributed by atoms with Crippen LogP contribution in [0.5, 0.6) is 0 Å². The van der Waals surface area contributed by atoms with Gasteiger partial charge in [-0.1, -0.05) is 147 Å². The standard InChI is InChI=1S/C43H30N4/c1-43(2)37-15-9-14-35(27-44)39(37)36-25-24-34(26-38(36)43)30-18-22-33(23-19-30)42-46-40(31-12-7-4-8-13-31)45-41(47-42)32-20-16-29(17-21-32)28-10-5-3-6-11-28/h3-26H,1-2H3. The summed E-state index contributed by atoms with van der Waals surface area (Å²) < 4.78 is 0. The lowest BCUT2D eigenvalue weighted by Crippen LogP contribution is -2.15. The second-order valence-electron chi connectivity index (χ2n) is 12.4. The van der Waals surface area contributed by atoms with Gasteiger partial charge in [-0.3, -0.25) is 0 Å². The maximum absolute atomic E-state index is 9.80. The third-order valence-electron chi connectivity index (χ3n) is 9.21. The average Bonchev–Trinajstić information content (AvgIpc) is 3.38. The van der Waals surface area contributed by atoms with E-state index in [2.05, 4.69) is 117 Å². The maximum Gasteiger partial charge on any atom is 0.164 e. The third kappa shape index (κ3) is 4.99. The summed E-state index contributed by atoms with van der Waals surface area (Å²) in [6.07, 6.45) is 0. The van der Waals surface area contributed by atoms with Crippen molar-refractivity contribution >= 4 is 0 Å². The lowest BCUT2D eigenvalue weighted by Gasteiger charge is -2.22. The van der Waals surface area contributed by atoms with Crippen LogP contribution in [0.25, 0.3) is 67.5 Å². The van der Waals surface area contributed by atoms with E-state index in [4.69, 9.17) is 15.0 Å². The highest BCUT2D eigenvalue weighted by atomic mass is 15.0. The fourth-order valence-electron chi connectivity index (χ4n) is 6.67. The largest absolute Gasteiger partial charge is 0.208 e. The van der Waals surface area contributed by atoms with Gasteiger partial charge in [0.1, 0.15) is 0 Å². The number of fused-ring (bicyclic) bond motifs is 3. The Labute approximate surface area is 274 Å². The van der Waals surface area contributed by atoms with Crippen LogP contribution in [-0.2, 0) is 5.41 Å². The summed E-state index contributed by atoms with van der Waals surface area (Å²) in [6, 6.07) is 52.2. The smallest absolute Gasteiger partial charge is 0.164 e. The SMILES string of the molecule is CC1(C)c2cc(-c3ccc(-c4nc(-c5ccccc5)nc(-c5ccc(-c6ccccc6)cc5)n4)cc3)ccc2-c2c(C#N)cccc21. The minimum Gasteiger partial charge on any atom is -0.208 e. The molecule has 222 valence electrons. The third-order valence-corrected chi connectivity index (χ3v) is 9.21. The molecular weight excluding hydrogens is 573 g/mol. The minimum atomic E-state index is -0.193. The Morgan fingerprint density at radius 2 is 0.894 bits per heavy atom. The highest BCUT2D eigenvalue weighted by Crippen LogP contribution is 2.50. The Bertz CT molecular complexity index is 2300. The fourth-order valence-corrected chi connectivity index (χ4v) is 6.67. The van der Waals surface area contributed by atoms with Gasteiger partial charge in [-0.25, -0.2) is 15.0 Å². The second kappa shape index (κ2) is 11.3. The molecule has 1 aliphatic carbocycles. The van der Waals surface area contributed by atoms with Crippen molar-refractivity contribution in [1.82, 2.24) is 15.0 Å². The first-order chi connectivity index (χ1) is 23.0. The summed E-state index contributed by atoms with van der Waals surface area (Å²) in [7, 11) is 0. The molecule has 8 rings (SSSR count). The number of hydrogen-bond donors (Lipinski definition) is 0. The molecule has 47 heavy (non-hydrogen) atoms. The Balaban J connectivity index is 1.16. The molecule has 0 aliphatic heterocycles. The molecule has 0 spiro atoms. The Hall–Kier alpha value is -6.18. The van der Waals surface area contributed by atoms with Crippen molar-refractivity contribution in [3.63, 3.8) is 0 Å². The van der Waals surface area contributed by atoms with Crippen molar-refractivity contribution < 1.29 is 0 Å². The van der Waals surface area contributed by atoms with Gasteiger partial charge < -0.3 is 0 Å². The van der Waals surface area contributed by atoms with Crippen molar-refractivity contribution in [2.75, 3.05) is 0 Å². The van der Waals surface area contributed by atoms with Crippen molar-refractivity contribution in [2.24, 2.45) is 0 Å². The Kier molecular flexibility index (Phi) is 6.82. The van der Waals surface area contributed by atoms with Crippen LogP contribution in [0.15, 0.2) is 146 Å². The van der Waals surface area contributed by atoms with E-state index in [1.54, 1.807) is 0 Å². The molecule has 0 saturated carbocycles. The van der Waals surface area contributed by atoms with Gasteiger partial charge in [0.25, 0.3) is 0 Å². The van der Waals surface area contributed by atoms with Gasteiger partial charge in [-0.05, 0) is 51.1 Å². The fraction of sp³-hybridized carbons (Fsp3) is 0.0698. The van der Waals surface area contributed by atoms with E-state index in [0.717, 1.165) is 50.1 Å². The molecule has 4 heteroatoms. The summed E-state index contributed by atoms with van der Waals surface area (Å²) >= 11 is 0. The van der Waals surface area contributed by atoms with E-state index in [9.17, 15) is 5.26 Å². The topological polar surface area (TPSA) is 62.5 Å². The van der Waals surface area contributed by atoms with E-state index in [0.29, 0.717) is 17.5 Å². The van der Waals surface area contributed by atoms with Gasteiger partial charge in [0.05, 0.1) is 11.6 Å². The predicted octanol–water partition coefficient (Wildman–Crippen LogP) is 10.4. The van der Waals surface area contributed by atoms with Crippen molar-refractivity contribution in [2.45, 2.75) is 19.3 Å². The minimum absolute atomic E-state index is 0.193. The van der Waals surface area contributed by atoms with Crippen LogP contribution in [0.2, 0.25) is 0 Å².